The van der Waals surface area contributed by atoms with E-state index in [1.807, 2.05) is 0 Å². The molecule has 2 aromatic rings. The second-order valence-corrected chi connectivity index (χ2v) is 6.63. The minimum absolute atomic E-state index is 0.0896. The number of carbonyl (C=O) groups is 3. The van der Waals surface area contributed by atoms with Crippen molar-refractivity contribution >= 4 is 23.5 Å². The molecule has 2 rings (SSSR count). The van der Waals surface area contributed by atoms with Gasteiger partial charge in [-0.15, -0.1) is 0 Å². The first-order valence-electron chi connectivity index (χ1n) is 8.94. The summed E-state index contributed by atoms with van der Waals surface area (Å²) in [5.74, 6) is -2.08. The van der Waals surface area contributed by atoms with Gasteiger partial charge < -0.3 is 15.3 Å². The van der Waals surface area contributed by atoms with E-state index in [1.165, 1.54) is 35.2 Å². The molecule has 2 N–H and O–H groups in total. The van der Waals surface area contributed by atoms with E-state index in [2.05, 4.69) is 5.32 Å². The molecule has 0 spiro atoms. The maximum absolute atomic E-state index is 12.9. The Morgan fingerprint density at radius 1 is 1.07 bits per heavy atom. The number of hydrogen-bond acceptors (Lipinski definition) is 3. The van der Waals surface area contributed by atoms with Crippen LogP contribution in [-0.4, -0.2) is 40.4 Å². The molecule has 0 heterocycles. The van der Waals surface area contributed by atoms with Crippen LogP contribution in [0.2, 0.25) is 0 Å². The lowest BCUT2D eigenvalue weighted by atomic mass is 10.0. The number of carbonyl (C=O) groups excluding carboxylic acids is 2. The maximum Gasteiger partial charge on any atom is 0.335 e. The number of halogens is 1. The first-order valence-corrected chi connectivity index (χ1v) is 8.94. The highest BCUT2D eigenvalue weighted by atomic mass is 19.1. The molecule has 0 saturated heterocycles. The molecule has 6 nitrogen and oxygen atoms in total. The molecule has 0 aliphatic heterocycles. The van der Waals surface area contributed by atoms with Crippen LogP contribution in [0, 0.1) is 5.82 Å². The number of aryl methyl sites for hydroxylation is 1. The highest BCUT2D eigenvalue weighted by Gasteiger charge is 2.21. The number of amides is 2. The van der Waals surface area contributed by atoms with Crippen molar-refractivity contribution in [3.05, 3.63) is 65.5 Å². The van der Waals surface area contributed by atoms with Crippen LogP contribution in [0.15, 0.2) is 48.5 Å². The fraction of sp³-hybridized carbons (Fsp3) is 0.286. The first kappa shape index (κ1) is 21.1. The second kappa shape index (κ2) is 9.64. The summed E-state index contributed by atoms with van der Waals surface area (Å²) in [5, 5.41) is 11.9. The van der Waals surface area contributed by atoms with Crippen LogP contribution >= 0.6 is 0 Å². The highest BCUT2D eigenvalue weighted by molar-refractivity contribution is 5.94. The number of carboxylic acids is 1. The van der Waals surface area contributed by atoms with Crippen LogP contribution in [0.4, 0.5) is 10.1 Å². The molecule has 148 valence electrons. The van der Waals surface area contributed by atoms with Gasteiger partial charge >= 0.3 is 5.97 Å². The molecule has 0 aliphatic carbocycles. The molecule has 2 amide bonds. The molecule has 0 fully saturated rings. The minimum Gasteiger partial charge on any atom is -0.478 e. The average molecular weight is 386 g/mol. The Labute approximate surface area is 163 Å². The van der Waals surface area contributed by atoms with Gasteiger partial charge in [0.05, 0.1) is 5.56 Å². The van der Waals surface area contributed by atoms with Gasteiger partial charge in [-0.05, 0) is 56.2 Å². The van der Waals surface area contributed by atoms with Crippen molar-refractivity contribution in [2.75, 3.05) is 11.9 Å². The standard InChI is InChI=1S/C21H23FN2O4/c1-14(2)24(13-19(25)23-17-10-8-16(22)9-11-17)20(26)12-7-15-5-3-4-6-18(15)21(27)28/h3-6,8-11,14H,7,12-13H2,1-2H3,(H,23,25)(H,27,28). The predicted octanol–water partition coefficient (Wildman–Crippen LogP) is 3.33. The number of hydrogen-bond donors (Lipinski definition) is 2. The molecule has 0 aliphatic rings. The van der Waals surface area contributed by atoms with Crippen LogP contribution < -0.4 is 5.32 Å². The Morgan fingerprint density at radius 3 is 2.32 bits per heavy atom. The lowest BCUT2D eigenvalue weighted by Crippen LogP contribution is -2.42. The molecule has 0 aromatic heterocycles. The fourth-order valence-electron chi connectivity index (χ4n) is 2.78. The number of nitrogens with zero attached hydrogens (tertiary/aromatic N) is 1. The van der Waals surface area contributed by atoms with E-state index in [-0.39, 0.29) is 42.8 Å². The van der Waals surface area contributed by atoms with E-state index in [9.17, 15) is 23.9 Å². The highest BCUT2D eigenvalue weighted by Crippen LogP contribution is 2.14. The smallest absolute Gasteiger partial charge is 0.335 e. The molecule has 28 heavy (non-hydrogen) atoms. The van der Waals surface area contributed by atoms with Crippen molar-refractivity contribution in [1.82, 2.24) is 4.90 Å². The summed E-state index contributed by atoms with van der Waals surface area (Å²) in [6.45, 7) is 3.46. The number of carboxylic acid groups (broad SMARTS) is 1. The van der Waals surface area contributed by atoms with Gasteiger partial charge in [-0.2, -0.15) is 0 Å². The average Bonchev–Trinajstić information content (AvgIpc) is 2.66. The van der Waals surface area contributed by atoms with Gasteiger partial charge in [-0.3, -0.25) is 9.59 Å². The Kier molecular flexibility index (Phi) is 7.26. The van der Waals surface area contributed by atoms with Gasteiger partial charge in [0.1, 0.15) is 12.4 Å². The van der Waals surface area contributed by atoms with Gasteiger partial charge in [0.2, 0.25) is 11.8 Å². The molecule has 0 atom stereocenters. The zero-order valence-corrected chi connectivity index (χ0v) is 15.8. The summed E-state index contributed by atoms with van der Waals surface area (Å²) < 4.78 is 12.9. The molecule has 7 heteroatoms. The van der Waals surface area contributed by atoms with E-state index in [1.54, 1.807) is 32.0 Å². The number of benzene rings is 2. The molecular weight excluding hydrogens is 363 g/mol. The number of anilines is 1. The quantitative estimate of drug-likeness (QED) is 0.729. The van der Waals surface area contributed by atoms with Crippen molar-refractivity contribution < 1.29 is 23.9 Å². The van der Waals surface area contributed by atoms with Crippen molar-refractivity contribution in [3.8, 4) is 0 Å². The Morgan fingerprint density at radius 2 is 1.71 bits per heavy atom. The van der Waals surface area contributed by atoms with E-state index in [4.69, 9.17) is 0 Å². The summed E-state index contributed by atoms with van der Waals surface area (Å²) in [6.07, 6.45) is 0.358. The Bertz CT molecular complexity index is 850. The van der Waals surface area contributed by atoms with Crippen LogP contribution in [0.25, 0.3) is 0 Å². The number of rotatable bonds is 8. The third-order valence-corrected chi connectivity index (χ3v) is 4.24. The van der Waals surface area contributed by atoms with Gasteiger partial charge in [-0.1, -0.05) is 18.2 Å². The summed E-state index contributed by atoms with van der Waals surface area (Å²) in [6, 6.07) is 11.7. The fourth-order valence-corrected chi connectivity index (χ4v) is 2.78. The summed E-state index contributed by atoms with van der Waals surface area (Å²) in [5.41, 5.74) is 1.18. The van der Waals surface area contributed by atoms with E-state index in [0.29, 0.717) is 11.3 Å². The van der Waals surface area contributed by atoms with E-state index >= 15 is 0 Å². The summed E-state index contributed by atoms with van der Waals surface area (Å²) in [4.78, 5) is 37.6. The first-order chi connectivity index (χ1) is 13.3. The third kappa shape index (κ3) is 5.90. The predicted molar refractivity (Wildman–Crippen MR) is 104 cm³/mol. The molecule has 0 bridgehead atoms. The number of aromatic carboxylic acids is 1. The summed E-state index contributed by atoms with van der Waals surface area (Å²) in [7, 11) is 0. The van der Waals surface area contributed by atoms with Gasteiger partial charge in [-0.25, -0.2) is 9.18 Å². The van der Waals surface area contributed by atoms with Crippen molar-refractivity contribution in [3.63, 3.8) is 0 Å². The third-order valence-electron chi connectivity index (χ3n) is 4.24. The van der Waals surface area contributed by atoms with Crippen LogP contribution in [0.3, 0.4) is 0 Å². The number of nitrogens with one attached hydrogen (secondary N) is 1. The zero-order chi connectivity index (χ0) is 20.7. The van der Waals surface area contributed by atoms with E-state index in [0.717, 1.165) is 0 Å². The monoisotopic (exact) mass is 386 g/mol. The Balaban J connectivity index is 1.99. The van der Waals surface area contributed by atoms with Crippen LogP contribution in [0.5, 0.6) is 0 Å². The van der Waals surface area contributed by atoms with Gasteiger partial charge in [0.25, 0.3) is 0 Å². The topological polar surface area (TPSA) is 86.7 Å². The second-order valence-electron chi connectivity index (χ2n) is 6.63. The zero-order valence-electron chi connectivity index (χ0n) is 15.8. The van der Waals surface area contributed by atoms with Crippen LogP contribution in [-0.2, 0) is 16.0 Å². The van der Waals surface area contributed by atoms with Crippen molar-refractivity contribution in [1.29, 1.82) is 0 Å². The van der Waals surface area contributed by atoms with Gasteiger partial charge in [0.15, 0.2) is 0 Å². The maximum atomic E-state index is 12.9. The lowest BCUT2D eigenvalue weighted by molar-refractivity contribution is -0.136. The molecular formula is C21H23FN2O4. The largest absolute Gasteiger partial charge is 0.478 e. The van der Waals surface area contributed by atoms with Crippen LogP contribution in [0.1, 0.15) is 36.2 Å². The molecule has 0 radical (unpaired) electrons. The van der Waals surface area contributed by atoms with Crippen molar-refractivity contribution in [2.24, 2.45) is 0 Å². The van der Waals surface area contributed by atoms with Crippen molar-refractivity contribution in [2.45, 2.75) is 32.7 Å². The summed E-state index contributed by atoms with van der Waals surface area (Å²) >= 11 is 0. The minimum atomic E-state index is -1.04. The molecule has 0 unspecified atom stereocenters. The normalized spacial score (nSPS) is 10.6. The molecule has 2 aromatic carbocycles. The SMILES string of the molecule is CC(C)N(CC(=O)Nc1ccc(F)cc1)C(=O)CCc1ccccc1C(=O)O. The van der Waals surface area contributed by atoms with E-state index < -0.39 is 11.8 Å². The lowest BCUT2D eigenvalue weighted by Gasteiger charge is -2.26. The molecule has 0 saturated carbocycles. The van der Waals surface area contributed by atoms with Gasteiger partial charge in [0, 0.05) is 18.2 Å². The Hall–Kier alpha value is -3.22.